The molecule has 5 rings (SSSR count). The molecule has 0 spiro atoms. The van der Waals surface area contributed by atoms with Crippen LogP contribution in [0.4, 0.5) is 0 Å². The molecule has 0 unspecified atom stereocenters. The lowest BCUT2D eigenvalue weighted by Gasteiger charge is -2.04. The molecule has 5 heterocycles. The van der Waals surface area contributed by atoms with Crippen molar-refractivity contribution in [1.29, 1.82) is 0 Å². The zero-order valence-corrected chi connectivity index (χ0v) is 22.5. The Bertz CT molecular complexity index is 1490. The van der Waals surface area contributed by atoms with Gasteiger partial charge in [-0.1, -0.05) is 33.4 Å². The van der Waals surface area contributed by atoms with Crippen molar-refractivity contribution in [3.63, 3.8) is 0 Å². The first-order valence-corrected chi connectivity index (χ1v) is 13.0. The Morgan fingerprint density at radius 3 is 1.17 bits per heavy atom. The van der Waals surface area contributed by atoms with Crippen molar-refractivity contribution in [3.05, 3.63) is 104 Å². The first-order chi connectivity index (χ1) is 17.3. The predicted octanol–water partition coefficient (Wildman–Crippen LogP) is 8.04. The summed E-state index contributed by atoms with van der Waals surface area (Å²) in [7, 11) is 0. The third kappa shape index (κ3) is 3.67. The van der Waals surface area contributed by atoms with Crippen LogP contribution in [0.2, 0.25) is 0 Å². The van der Waals surface area contributed by atoms with E-state index in [-0.39, 0.29) is 0 Å². The number of rotatable bonds is 4. The highest BCUT2D eigenvalue weighted by Crippen LogP contribution is 2.37. The van der Waals surface area contributed by atoms with Gasteiger partial charge in [0.25, 0.3) is 0 Å². The monoisotopic (exact) mass is 474 g/mol. The Morgan fingerprint density at radius 2 is 0.833 bits per heavy atom. The van der Waals surface area contributed by atoms with Gasteiger partial charge in [0.05, 0.1) is 45.6 Å². The van der Waals surface area contributed by atoms with Gasteiger partial charge in [-0.25, -0.2) is 20.0 Å². The van der Waals surface area contributed by atoms with E-state index in [1.165, 1.54) is 33.4 Å². The molecule has 0 aromatic rings. The topological polar surface area (TPSA) is 49.4 Å². The molecule has 36 heavy (non-hydrogen) atoms. The molecule has 0 aliphatic carbocycles. The van der Waals surface area contributed by atoms with Crippen LogP contribution < -0.4 is 0 Å². The Morgan fingerprint density at radius 1 is 0.528 bits per heavy atom. The van der Waals surface area contributed by atoms with Gasteiger partial charge in [-0.05, 0) is 110 Å². The van der Waals surface area contributed by atoms with E-state index in [0.29, 0.717) is 0 Å². The van der Waals surface area contributed by atoms with Crippen LogP contribution >= 0.6 is 0 Å². The predicted molar refractivity (Wildman–Crippen MR) is 154 cm³/mol. The lowest BCUT2D eigenvalue weighted by Crippen LogP contribution is -1.97. The molecule has 5 aliphatic heterocycles. The first-order valence-electron chi connectivity index (χ1n) is 13.0. The van der Waals surface area contributed by atoms with Crippen molar-refractivity contribution in [3.8, 4) is 0 Å². The highest BCUT2D eigenvalue weighted by molar-refractivity contribution is 6.20. The van der Waals surface area contributed by atoms with Crippen LogP contribution in [0.25, 0.3) is 0 Å². The molecule has 0 saturated carbocycles. The van der Waals surface area contributed by atoms with Gasteiger partial charge in [0.1, 0.15) is 0 Å². The van der Waals surface area contributed by atoms with Gasteiger partial charge in [-0.3, -0.25) is 0 Å². The Kier molecular flexibility index (Phi) is 6.07. The van der Waals surface area contributed by atoms with Gasteiger partial charge >= 0.3 is 0 Å². The quantitative estimate of drug-likeness (QED) is 0.396. The van der Waals surface area contributed by atoms with Gasteiger partial charge < -0.3 is 0 Å². The lowest BCUT2D eigenvalue weighted by atomic mass is 9.97. The SMILES string of the molecule is C=CC1=C(C)C2=CC3=NC(=CC4=NC(=CC5=NC(=CC1=N2)C(C)=C5CC)C(C)=C4CC)C(C)=C3CC. The average Bonchev–Trinajstić information content (AvgIpc) is 3.51. The maximum absolute atomic E-state index is 5.09. The summed E-state index contributed by atoms with van der Waals surface area (Å²) in [6, 6.07) is 0. The lowest BCUT2D eigenvalue weighted by molar-refractivity contribution is 1.14. The van der Waals surface area contributed by atoms with Gasteiger partial charge in [0, 0.05) is 5.57 Å². The molecule has 0 radical (unpaired) electrons. The second kappa shape index (κ2) is 9.09. The number of nitrogens with zero attached hydrogens (tertiary/aromatic N) is 4. The molecule has 182 valence electrons. The Balaban J connectivity index is 1.82. The minimum atomic E-state index is 0.905. The van der Waals surface area contributed by atoms with Crippen LogP contribution in [0.5, 0.6) is 0 Å². The molecule has 0 aromatic carbocycles. The molecule has 4 heteroatoms. The fourth-order valence-corrected chi connectivity index (χ4v) is 5.63. The maximum Gasteiger partial charge on any atom is 0.0734 e. The molecule has 8 bridgehead atoms. The molecule has 0 N–H and O–H groups in total. The van der Waals surface area contributed by atoms with E-state index >= 15 is 0 Å². The third-order valence-electron chi connectivity index (χ3n) is 7.82. The van der Waals surface area contributed by atoms with Crippen molar-refractivity contribution in [1.82, 2.24) is 0 Å². The van der Waals surface area contributed by atoms with Crippen LogP contribution in [0.3, 0.4) is 0 Å². The zero-order chi connectivity index (χ0) is 25.7. The van der Waals surface area contributed by atoms with Crippen molar-refractivity contribution in [2.75, 3.05) is 0 Å². The summed E-state index contributed by atoms with van der Waals surface area (Å²) in [6.07, 6.45) is 13.2. The summed E-state index contributed by atoms with van der Waals surface area (Å²) in [4.78, 5) is 20.3. The van der Waals surface area contributed by atoms with Crippen LogP contribution in [0.1, 0.15) is 67.7 Å². The summed E-state index contributed by atoms with van der Waals surface area (Å²) in [5.41, 5.74) is 17.4. The highest BCUT2D eigenvalue weighted by Gasteiger charge is 2.27. The van der Waals surface area contributed by atoms with E-state index in [1.807, 2.05) is 6.08 Å². The van der Waals surface area contributed by atoms with Crippen LogP contribution in [0.15, 0.2) is 124 Å². The third-order valence-corrected chi connectivity index (χ3v) is 7.82. The molecule has 0 saturated heterocycles. The van der Waals surface area contributed by atoms with E-state index in [2.05, 4.69) is 79.3 Å². The number of aliphatic imine (C=N–C) groups is 4. The molecule has 0 fully saturated rings. The minimum absolute atomic E-state index is 0.905. The molecule has 0 atom stereocenters. The van der Waals surface area contributed by atoms with E-state index < -0.39 is 0 Å². The fraction of sp³-hybridized carbons (Fsp3) is 0.312. The van der Waals surface area contributed by atoms with Gasteiger partial charge in [0.15, 0.2) is 0 Å². The van der Waals surface area contributed by atoms with Crippen molar-refractivity contribution in [2.24, 2.45) is 20.0 Å². The van der Waals surface area contributed by atoms with Gasteiger partial charge in [-0.15, -0.1) is 0 Å². The smallest absolute Gasteiger partial charge is 0.0734 e. The summed E-state index contributed by atoms with van der Waals surface area (Å²) in [5.74, 6) is 0. The summed E-state index contributed by atoms with van der Waals surface area (Å²) in [6.45, 7) is 19.3. The Hall–Kier alpha value is -3.66. The maximum atomic E-state index is 5.09. The van der Waals surface area contributed by atoms with Gasteiger partial charge in [0.2, 0.25) is 0 Å². The molecular weight excluding hydrogens is 440 g/mol. The van der Waals surface area contributed by atoms with Crippen molar-refractivity contribution in [2.45, 2.75) is 67.7 Å². The average molecular weight is 475 g/mol. The largest absolute Gasteiger partial charge is 0.248 e. The fourth-order valence-electron chi connectivity index (χ4n) is 5.63. The molecular formula is C32H34N4. The Labute approximate surface area is 214 Å². The number of hydrogen-bond donors (Lipinski definition) is 0. The van der Waals surface area contributed by atoms with E-state index in [1.54, 1.807) is 0 Å². The second-order valence-corrected chi connectivity index (χ2v) is 9.72. The second-order valence-electron chi connectivity index (χ2n) is 9.72. The van der Waals surface area contributed by atoms with Crippen molar-refractivity contribution < 1.29 is 0 Å². The number of allylic oxidation sites excluding steroid dienone is 13. The standard InChI is InChI=1S/C32H34N4/c1-9-21-17(5)25-14-30-23(11-3)19(7)27(35-30)16-32-24(12-4)20(8)28(36-32)15-31-22(10-2)18(6)26(34-31)13-29(21)33-25/h9,13-16H,1,10-12H2,2-8H3. The van der Waals surface area contributed by atoms with E-state index in [9.17, 15) is 0 Å². The first kappa shape index (κ1) is 24.1. The van der Waals surface area contributed by atoms with Gasteiger partial charge in [-0.2, -0.15) is 0 Å². The normalized spacial score (nSPS) is 21.4. The molecule has 0 amide bonds. The summed E-state index contributed by atoms with van der Waals surface area (Å²) < 4.78 is 0. The van der Waals surface area contributed by atoms with E-state index in [0.717, 1.165) is 76.0 Å². The minimum Gasteiger partial charge on any atom is -0.248 e. The highest BCUT2D eigenvalue weighted by atomic mass is 14.9. The molecule has 4 nitrogen and oxygen atoms in total. The van der Waals surface area contributed by atoms with Crippen molar-refractivity contribution >= 4 is 22.8 Å². The molecule has 0 aromatic heterocycles. The molecule has 5 aliphatic rings. The van der Waals surface area contributed by atoms with Crippen LogP contribution in [-0.2, 0) is 0 Å². The van der Waals surface area contributed by atoms with Crippen LogP contribution in [-0.4, -0.2) is 22.8 Å². The summed E-state index contributed by atoms with van der Waals surface area (Å²) in [5, 5.41) is 0. The summed E-state index contributed by atoms with van der Waals surface area (Å²) >= 11 is 0. The van der Waals surface area contributed by atoms with E-state index in [4.69, 9.17) is 20.0 Å². The zero-order valence-electron chi connectivity index (χ0n) is 22.5. The number of fused-ring (bicyclic) bond motifs is 4. The number of hydrogen-bond acceptors (Lipinski definition) is 4. The van der Waals surface area contributed by atoms with Crippen LogP contribution in [0, 0.1) is 0 Å².